The lowest BCUT2D eigenvalue weighted by Gasteiger charge is -2.11. The van der Waals surface area contributed by atoms with Gasteiger partial charge in [0.15, 0.2) is 0 Å². The number of halogens is 1. The second-order valence-electron chi connectivity index (χ2n) is 4.23. The van der Waals surface area contributed by atoms with Gasteiger partial charge >= 0.3 is 0 Å². The number of hydrogen-bond acceptors (Lipinski definition) is 2. The lowest BCUT2D eigenvalue weighted by Crippen LogP contribution is -2.05. The standard InChI is InChI=1S/C13H15FN2O/c1-9-3-4-12(14)11(7-9)13(17)8-10-5-6-16(2)15-10/h3-7,13,17H,8H2,1-2H3. The summed E-state index contributed by atoms with van der Waals surface area (Å²) in [4.78, 5) is 0. The van der Waals surface area contributed by atoms with Crippen molar-refractivity contribution >= 4 is 0 Å². The Balaban J connectivity index is 2.19. The first-order valence-electron chi connectivity index (χ1n) is 5.49. The first-order chi connectivity index (χ1) is 8.06. The van der Waals surface area contributed by atoms with E-state index in [-0.39, 0.29) is 5.82 Å². The van der Waals surface area contributed by atoms with Gasteiger partial charge in [-0.15, -0.1) is 0 Å². The molecule has 3 nitrogen and oxygen atoms in total. The van der Waals surface area contributed by atoms with Crippen molar-refractivity contribution in [2.24, 2.45) is 7.05 Å². The van der Waals surface area contributed by atoms with Crippen LogP contribution in [0, 0.1) is 12.7 Å². The molecule has 1 aromatic heterocycles. The summed E-state index contributed by atoms with van der Waals surface area (Å²) in [6, 6.07) is 6.55. The number of aromatic nitrogens is 2. The molecule has 0 radical (unpaired) electrons. The number of aryl methyl sites for hydroxylation is 2. The van der Waals surface area contributed by atoms with E-state index in [2.05, 4.69) is 5.10 Å². The average Bonchev–Trinajstić information content (AvgIpc) is 2.67. The van der Waals surface area contributed by atoms with Crippen LogP contribution in [0.2, 0.25) is 0 Å². The molecule has 0 bridgehead atoms. The Morgan fingerprint density at radius 1 is 1.41 bits per heavy atom. The zero-order valence-electron chi connectivity index (χ0n) is 9.89. The first-order valence-corrected chi connectivity index (χ1v) is 5.49. The van der Waals surface area contributed by atoms with E-state index in [1.54, 1.807) is 23.0 Å². The van der Waals surface area contributed by atoms with Gasteiger partial charge in [0.25, 0.3) is 0 Å². The van der Waals surface area contributed by atoms with Crippen LogP contribution in [0.4, 0.5) is 4.39 Å². The smallest absolute Gasteiger partial charge is 0.129 e. The van der Waals surface area contributed by atoms with Crippen LogP contribution in [-0.2, 0) is 13.5 Å². The van der Waals surface area contributed by atoms with Gasteiger partial charge in [-0.25, -0.2) is 4.39 Å². The normalized spacial score (nSPS) is 12.7. The lowest BCUT2D eigenvalue weighted by molar-refractivity contribution is 0.172. The molecule has 0 fully saturated rings. The molecule has 4 heteroatoms. The van der Waals surface area contributed by atoms with Crippen LogP contribution in [0.3, 0.4) is 0 Å². The van der Waals surface area contributed by atoms with E-state index in [0.29, 0.717) is 12.0 Å². The van der Waals surface area contributed by atoms with Crippen LogP contribution in [0.5, 0.6) is 0 Å². The molecule has 1 aromatic carbocycles. The highest BCUT2D eigenvalue weighted by Gasteiger charge is 2.14. The maximum atomic E-state index is 13.5. The molecular weight excluding hydrogens is 219 g/mol. The summed E-state index contributed by atoms with van der Waals surface area (Å²) in [5, 5.41) is 14.2. The highest BCUT2D eigenvalue weighted by Crippen LogP contribution is 2.21. The van der Waals surface area contributed by atoms with E-state index in [1.807, 2.05) is 20.0 Å². The molecule has 0 saturated carbocycles. The maximum absolute atomic E-state index is 13.5. The molecule has 0 saturated heterocycles. The summed E-state index contributed by atoms with van der Waals surface area (Å²) in [5.74, 6) is -0.376. The second-order valence-corrected chi connectivity index (χ2v) is 4.23. The Morgan fingerprint density at radius 3 is 2.82 bits per heavy atom. The number of rotatable bonds is 3. The van der Waals surface area contributed by atoms with E-state index in [9.17, 15) is 9.50 Å². The molecule has 1 heterocycles. The van der Waals surface area contributed by atoms with Gasteiger partial charge in [0.1, 0.15) is 5.82 Å². The largest absolute Gasteiger partial charge is 0.388 e. The van der Waals surface area contributed by atoms with Crippen molar-refractivity contribution in [2.75, 3.05) is 0 Å². The maximum Gasteiger partial charge on any atom is 0.129 e. The van der Waals surface area contributed by atoms with Crippen molar-refractivity contribution < 1.29 is 9.50 Å². The summed E-state index contributed by atoms with van der Waals surface area (Å²) in [5.41, 5.74) is 2.01. The van der Waals surface area contributed by atoms with Crippen molar-refractivity contribution in [3.05, 3.63) is 53.1 Å². The SMILES string of the molecule is Cc1ccc(F)c(C(O)Cc2ccn(C)n2)c1. The second kappa shape index (κ2) is 4.67. The van der Waals surface area contributed by atoms with Crippen molar-refractivity contribution in [1.82, 2.24) is 9.78 Å². The molecule has 0 aliphatic carbocycles. The number of hydrogen-bond donors (Lipinski definition) is 1. The Bertz CT molecular complexity index is 522. The molecule has 0 aliphatic rings. The molecule has 2 rings (SSSR count). The van der Waals surface area contributed by atoms with E-state index >= 15 is 0 Å². The highest BCUT2D eigenvalue weighted by atomic mass is 19.1. The quantitative estimate of drug-likeness (QED) is 0.883. The monoisotopic (exact) mass is 234 g/mol. The fourth-order valence-electron chi connectivity index (χ4n) is 1.80. The Kier molecular flexibility index (Phi) is 3.24. The molecule has 90 valence electrons. The van der Waals surface area contributed by atoms with Crippen LogP contribution in [0.1, 0.15) is 22.9 Å². The Labute approximate surface area is 99.5 Å². The molecule has 0 amide bonds. The third-order valence-corrected chi connectivity index (χ3v) is 2.68. The molecule has 17 heavy (non-hydrogen) atoms. The summed E-state index contributed by atoms with van der Waals surface area (Å²) < 4.78 is 15.2. The summed E-state index contributed by atoms with van der Waals surface area (Å²) in [6.45, 7) is 1.87. The number of benzene rings is 1. The predicted octanol–water partition coefficient (Wildman–Crippen LogP) is 2.14. The summed E-state index contributed by atoms with van der Waals surface area (Å²) >= 11 is 0. The summed E-state index contributed by atoms with van der Waals surface area (Å²) in [6.07, 6.45) is 1.26. The zero-order chi connectivity index (χ0) is 12.4. The first kappa shape index (κ1) is 11.8. The summed E-state index contributed by atoms with van der Waals surface area (Å²) in [7, 11) is 1.81. The van der Waals surface area contributed by atoms with Gasteiger partial charge in [-0.2, -0.15) is 5.10 Å². The van der Waals surface area contributed by atoms with Gasteiger partial charge in [0, 0.05) is 25.2 Å². The van der Waals surface area contributed by atoms with Crippen LogP contribution < -0.4 is 0 Å². The lowest BCUT2D eigenvalue weighted by atomic mass is 10.0. The fourth-order valence-corrected chi connectivity index (χ4v) is 1.80. The minimum Gasteiger partial charge on any atom is -0.388 e. The van der Waals surface area contributed by atoms with Crippen molar-refractivity contribution in [3.8, 4) is 0 Å². The molecule has 2 aromatic rings. The molecular formula is C13H15FN2O. The molecule has 1 unspecified atom stereocenters. The highest BCUT2D eigenvalue weighted by molar-refractivity contribution is 5.26. The zero-order valence-corrected chi connectivity index (χ0v) is 9.89. The third-order valence-electron chi connectivity index (χ3n) is 2.68. The van der Waals surface area contributed by atoms with Crippen molar-refractivity contribution in [2.45, 2.75) is 19.4 Å². The Morgan fingerprint density at radius 2 is 2.18 bits per heavy atom. The van der Waals surface area contributed by atoms with Gasteiger partial charge in [0.2, 0.25) is 0 Å². The number of nitrogens with zero attached hydrogens (tertiary/aromatic N) is 2. The molecule has 0 spiro atoms. The van der Waals surface area contributed by atoms with E-state index in [4.69, 9.17) is 0 Å². The van der Waals surface area contributed by atoms with Crippen LogP contribution in [-0.4, -0.2) is 14.9 Å². The molecule has 1 N–H and O–H groups in total. The predicted molar refractivity (Wildman–Crippen MR) is 63.0 cm³/mol. The Hall–Kier alpha value is -1.68. The molecule has 1 atom stereocenters. The van der Waals surface area contributed by atoms with Crippen LogP contribution in [0.25, 0.3) is 0 Å². The van der Waals surface area contributed by atoms with Gasteiger partial charge in [-0.1, -0.05) is 17.7 Å². The van der Waals surface area contributed by atoms with Gasteiger partial charge in [-0.3, -0.25) is 4.68 Å². The number of aliphatic hydroxyl groups is 1. The van der Waals surface area contributed by atoms with E-state index in [1.165, 1.54) is 6.07 Å². The van der Waals surface area contributed by atoms with Gasteiger partial charge in [0.05, 0.1) is 11.8 Å². The fraction of sp³-hybridized carbons (Fsp3) is 0.308. The van der Waals surface area contributed by atoms with Crippen LogP contribution >= 0.6 is 0 Å². The van der Waals surface area contributed by atoms with Crippen LogP contribution in [0.15, 0.2) is 30.5 Å². The minimum atomic E-state index is -0.857. The minimum absolute atomic E-state index is 0.321. The topological polar surface area (TPSA) is 38.0 Å². The van der Waals surface area contributed by atoms with Gasteiger partial charge in [-0.05, 0) is 19.1 Å². The van der Waals surface area contributed by atoms with Crippen molar-refractivity contribution in [1.29, 1.82) is 0 Å². The number of aliphatic hydroxyl groups excluding tert-OH is 1. The molecule has 0 aliphatic heterocycles. The third kappa shape index (κ3) is 2.71. The van der Waals surface area contributed by atoms with E-state index < -0.39 is 6.10 Å². The van der Waals surface area contributed by atoms with E-state index in [0.717, 1.165) is 11.3 Å². The van der Waals surface area contributed by atoms with Crippen molar-refractivity contribution in [3.63, 3.8) is 0 Å². The average molecular weight is 234 g/mol. The van der Waals surface area contributed by atoms with Gasteiger partial charge < -0.3 is 5.11 Å².